The van der Waals surface area contributed by atoms with Gasteiger partial charge in [-0.2, -0.15) is 0 Å². The number of carbonyl (C=O) groups is 1. The van der Waals surface area contributed by atoms with Crippen molar-refractivity contribution in [2.24, 2.45) is 16.6 Å². The molecule has 174 valence electrons. The lowest BCUT2D eigenvalue weighted by atomic mass is 9.98. The van der Waals surface area contributed by atoms with E-state index in [1.165, 1.54) is 6.20 Å². The van der Waals surface area contributed by atoms with Crippen molar-refractivity contribution in [1.82, 2.24) is 25.1 Å². The molecule has 2 aromatic heterocycles. The summed E-state index contributed by atoms with van der Waals surface area (Å²) >= 11 is 8.01. The van der Waals surface area contributed by atoms with Gasteiger partial charge in [0.2, 0.25) is 5.91 Å². The Morgan fingerprint density at radius 1 is 1.53 bits per heavy atom. The number of halogens is 3. The number of nitrogens with one attached hydrogen (secondary N) is 2. The maximum atomic E-state index is 14.6. The van der Waals surface area contributed by atoms with Crippen molar-refractivity contribution in [3.63, 3.8) is 0 Å². The van der Waals surface area contributed by atoms with Gasteiger partial charge in [-0.05, 0) is 38.9 Å². The largest absolute Gasteiger partial charge is 0.383 e. The first-order chi connectivity index (χ1) is 15.3. The molecule has 0 aliphatic carbocycles. The van der Waals surface area contributed by atoms with Crippen LogP contribution in [0.4, 0.5) is 4.39 Å². The van der Waals surface area contributed by atoms with E-state index in [0.717, 1.165) is 24.8 Å². The first-order valence-electron chi connectivity index (χ1n) is 10.4. The monoisotopic (exact) mass is 575 g/mol. The summed E-state index contributed by atoms with van der Waals surface area (Å²) < 4.78 is 14.8. The van der Waals surface area contributed by atoms with Crippen molar-refractivity contribution in [3.05, 3.63) is 40.7 Å². The molecule has 2 aromatic rings. The average Bonchev–Trinajstić information content (AvgIpc) is 3.18. The fraction of sp³-hybridized carbons (Fsp3) is 0.476. The maximum Gasteiger partial charge on any atom is 0.236 e. The number of carbonyl (C=O) groups excluding carboxylic acids is 1. The number of alkyl halides is 1. The molecule has 0 spiro atoms. The van der Waals surface area contributed by atoms with E-state index in [1.807, 2.05) is 46.5 Å². The Morgan fingerprint density at radius 3 is 3.03 bits per heavy atom. The van der Waals surface area contributed by atoms with Gasteiger partial charge in [-0.25, -0.2) is 14.4 Å². The molecule has 4 N–H and O–H groups in total. The number of nitrogens with zero attached hydrogens (tertiary/aromatic N) is 4. The molecule has 0 bridgehead atoms. The number of aromatic nitrogens is 2. The standard InChI is InChI=1S/C21H28ClFIN7O/c1-30(2)12-18(32)31-5-3-4-13(11-31)8-26-21(17(23)7-24)29-19(25)16-10-28-20-15(16)6-14(22)9-27-20/h6,9-10,13,26H,3-5,7-8,11-12H2,1-2H3,(H2,25,29)(H,27,28)/b21-17+/t13-/m0/s1. The van der Waals surface area contributed by atoms with Gasteiger partial charge in [0.15, 0.2) is 11.6 Å². The number of piperidine rings is 1. The SMILES string of the molecule is CN(C)CC(=O)N1CCC[C@@H](CNC(/N=C(\N)c2c[nH]c3ncc(Cl)cc23)=C(\F)CI)C1. The van der Waals surface area contributed by atoms with Crippen molar-refractivity contribution in [1.29, 1.82) is 0 Å². The Labute approximate surface area is 205 Å². The van der Waals surface area contributed by atoms with E-state index in [0.29, 0.717) is 35.9 Å². The number of hydrogen-bond acceptors (Lipinski definition) is 5. The summed E-state index contributed by atoms with van der Waals surface area (Å²) in [6.07, 6.45) is 5.11. The van der Waals surface area contributed by atoms with E-state index in [-0.39, 0.29) is 33.7 Å². The molecule has 0 radical (unpaired) electrons. The summed E-state index contributed by atoms with van der Waals surface area (Å²) in [4.78, 5) is 27.7. The summed E-state index contributed by atoms with van der Waals surface area (Å²) in [6, 6.07) is 1.74. The Bertz CT molecular complexity index is 1020. The van der Waals surface area contributed by atoms with E-state index >= 15 is 0 Å². The zero-order chi connectivity index (χ0) is 23.3. The van der Waals surface area contributed by atoms with Crippen LogP contribution in [-0.2, 0) is 4.79 Å². The van der Waals surface area contributed by atoms with Crippen molar-refractivity contribution in [3.8, 4) is 0 Å². The van der Waals surface area contributed by atoms with E-state index in [9.17, 15) is 9.18 Å². The highest BCUT2D eigenvalue weighted by Gasteiger charge is 2.24. The number of likely N-dealkylation sites (N-methyl/N-ethyl adjacent to an activating group) is 1. The molecule has 1 fully saturated rings. The van der Waals surface area contributed by atoms with Gasteiger partial charge in [0.1, 0.15) is 11.5 Å². The van der Waals surface area contributed by atoms with E-state index in [1.54, 1.807) is 12.3 Å². The van der Waals surface area contributed by atoms with Crippen LogP contribution in [0.5, 0.6) is 0 Å². The molecule has 1 aliphatic rings. The fourth-order valence-corrected chi connectivity index (χ4v) is 4.22. The number of amides is 1. The highest BCUT2D eigenvalue weighted by molar-refractivity contribution is 14.1. The molecule has 1 aliphatic heterocycles. The van der Waals surface area contributed by atoms with Crippen LogP contribution in [0.1, 0.15) is 18.4 Å². The van der Waals surface area contributed by atoms with Crippen molar-refractivity contribution < 1.29 is 9.18 Å². The first-order valence-corrected chi connectivity index (χ1v) is 12.3. The van der Waals surface area contributed by atoms with Crippen LogP contribution >= 0.6 is 34.2 Å². The lowest BCUT2D eigenvalue weighted by Crippen LogP contribution is -2.45. The van der Waals surface area contributed by atoms with Crippen LogP contribution in [0, 0.1) is 5.92 Å². The van der Waals surface area contributed by atoms with E-state index < -0.39 is 0 Å². The summed E-state index contributed by atoms with van der Waals surface area (Å²) in [7, 11) is 3.76. The molecule has 8 nitrogen and oxygen atoms in total. The van der Waals surface area contributed by atoms with Crippen LogP contribution in [0.2, 0.25) is 5.02 Å². The molecule has 0 saturated carbocycles. The second kappa shape index (κ2) is 11.3. The fourth-order valence-electron chi connectivity index (χ4n) is 3.70. The molecule has 0 aromatic carbocycles. The van der Waals surface area contributed by atoms with Gasteiger partial charge in [0.05, 0.1) is 16.0 Å². The predicted molar refractivity (Wildman–Crippen MR) is 135 cm³/mol. The molecule has 0 unspecified atom stereocenters. The molecule has 1 atom stereocenters. The number of rotatable bonds is 8. The zero-order valence-corrected chi connectivity index (χ0v) is 21.1. The smallest absolute Gasteiger partial charge is 0.236 e. The minimum atomic E-state index is -0.388. The average molecular weight is 576 g/mol. The molecular weight excluding hydrogens is 548 g/mol. The third-order valence-electron chi connectivity index (χ3n) is 5.26. The van der Waals surface area contributed by atoms with E-state index in [2.05, 4.69) is 20.3 Å². The van der Waals surface area contributed by atoms with Crippen molar-refractivity contribution in [2.45, 2.75) is 12.8 Å². The maximum absolute atomic E-state index is 14.6. The second-order valence-corrected chi connectivity index (χ2v) is 9.30. The number of nitrogens with two attached hydrogens (primary N) is 1. The van der Waals surface area contributed by atoms with Crippen LogP contribution < -0.4 is 11.1 Å². The summed E-state index contributed by atoms with van der Waals surface area (Å²) in [5.74, 6) is 0.204. The summed E-state index contributed by atoms with van der Waals surface area (Å²) in [6.45, 7) is 2.29. The summed E-state index contributed by atoms with van der Waals surface area (Å²) in [5.41, 5.74) is 7.45. The molecule has 3 rings (SSSR count). The van der Waals surface area contributed by atoms with Gasteiger partial charge >= 0.3 is 0 Å². The van der Waals surface area contributed by atoms with Crippen molar-refractivity contribution in [2.75, 3.05) is 44.7 Å². The van der Waals surface area contributed by atoms with Gasteiger partial charge in [-0.1, -0.05) is 34.2 Å². The van der Waals surface area contributed by atoms with Crippen LogP contribution in [-0.4, -0.2) is 76.2 Å². The number of allylic oxidation sites excluding steroid dienone is 1. The Kier molecular flexibility index (Phi) is 8.72. The highest BCUT2D eigenvalue weighted by Crippen LogP contribution is 2.21. The number of pyridine rings is 1. The molecule has 1 amide bonds. The summed E-state index contributed by atoms with van der Waals surface area (Å²) in [5, 5.41) is 4.32. The second-order valence-electron chi connectivity index (χ2n) is 8.10. The van der Waals surface area contributed by atoms with Gasteiger partial charge in [0.25, 0.3) is 0 Å². The minimum Gasteiger partial charge on any atom is -0.383 e. The van der Waals surface area contributed by atoms with Crippen LogP contribution in [0.25, 0.3) is 11.0 Å². The lowest BCUT2D eigenvalue weighted by molar-refractivity contribution is -0.133. The predicted octanol–water partition coefficient (Wildman–Crippen LogP) is 2.89. The third kappa shape index (κ3) is 6.32. The van der Waals surface area contributed by atoms with Gasteiger partial charge in [-0.3, -0.25) is 4.79 Å². The molecule has 11 heteroatoms. The molecule has 1 saturated heterocycles. The highest BCUT2D eigenvalue weighted by atomic mass is 127. The normalized spacial score (nSPS) is 18.2. The quantitative estimate of drug-likeness (QED) is 0.194. The first kappa shape index (κ1) is 24.7. The molecule has 32 heavy (non-hydrogen) atoms. The van der Waals surface area contributed by atoms with Gasteiger partial charge in [-0.15, -0.1) is 0 Å². The number of hydrogen-bond donors (Lipinski definition) is 3. The number of aromatic amines is 1. The van der Waals surface area contributed by atoms with E-state index in [4.69, 9.17) is 17.3 Å². The number of amidine groups is 1. The Hall–Kier alpha value is -1.92. The lowest BCUT2D eigenvalue weighted by Gasteiger charge is -2.33. The topological polar surface area (TPSA) is 103 Å². The zero-order valence-electron chi connectivity index (χ0n) is 18.2. The Morgan fingerprint density at radius 2 is 2.31 bits per heavy atom. The minimum absolute atomic E-state index is 0.109. The number of aliphatic imine (C=N–C) groups is 1. The van der Waals surface area contributed by atoms with Crippen LogP contribution in [0.15, 0.2) is 35.1 Å². The molecular formula is C21H28ClFIN7O. The van der Waals surface area contributed by atoms with Crippen LogP contribution in [0.3, 0.4) is 0 Å². The molecule has 3 heterocycles. The Balaban J connectivity index is 1.72. The number of fused-ring (bicyclic) bond motifs is 1. The van der Waals surface area contributed by atoms with Crippen molar-refractivity contribution >= 4 is 57.0 Å². The van der Waals surface area contributed by atoms with Gasteiger partial charge < -0.3 is 25.8 Å². The number of likely N-dealkylation sites (tertiary alicyclic amines) is 1. The van der Waals surface area contributed by atoms with Gasteiger partial charge in [0, 0.05) is 43.0 Å². The third-order valence-corrected chi connectivity index (χ3v) is 6.14. The number of H-pyrrole nitrogens is 1.